The van der Waals surface area contributed by atoms with E-state index in [1.54, 1.807) is 4.52 Å². The van der Waals surface area contributed by atoms with Gasteiger partial charge in [0.25, 0.3) is 5.91 Å². The summed E-state index contributed by atoms with van der Waals surface area (Å²) in [6, 6.07) is 2.04. The molecule has 23 heavy (non-hydrogen) atoms. The Labute approximate surface area is 133 Å². The maximum absolute atomic E-state index is 13.0. The number of carbonyl (C=O) groups excluding carboxylic acids is 2. The number of amides is 2. The lowest BCUT2D eigenvalue weighted by Gasteiger charge is -2.17. The molecule has 2 amide bonds. The second-order valence-corrected chi connectivity index (χ2v) is 6.58. The number of fused-ring (bicyclic) bond motifs is 2. The Balaban J connectivity index is 1.71. The summed E-state index contributed by atoms with van der Waals surface area (Å²) in [7, 11) is 0. The van der Waals surface area contributed by atoms with Crippen LogP contribution in [-0.4, -0.2) is 50.4 Å². The van der Waals surface area contributed by atoms with Crippen LogP contribution < -0.4 is 5.32 Å². The highest BCUT2D eigenvalue weighted by atomic mass is 16.2. The molecule has 7 nitrogen and oxygen atoms in total. The van der Waals surface area contributed by atoms with Crippen molar-refractivity contribution < 1.29 is 9.59 Å². The highest BCUT2D eigenvalue weighted by molar-refractivity contribution is 6.01. The van der Waals surface area contributed by atoms with Crippen LogP contribution in [0.2, 0.25) is 0 Å². The molecule has 0 spiro atoms. The Hall–Kier alpha value is -2.44. The zero-order valence-electron chi connectivity index (χ0n) is 13.5. The summed E-state index contributed by atoms with van der Waals surface area (Å²) in [5.74, 6) is 0.274. The summed E-state index contributed by atoms with van der Waals surface area (Å²) in [6.07, 6.45) is 0.513. The van der Waals surface area contributed by atoms with Crippen LogP contribution in [0.25, 0.3) is 5.65 Å². The van der Waals surface area contributed by atoms with Gasteiger partial charge in [0, 0.05) is 36.8 Å². The first kappa shape index (κ1) is 14.2. The van der Waals surface area contributed by atoms with E-state index in [2.05, 4.69) is 15.4 Å². The van der Waals surface area contributed by atoms with Crippen LogP contribution in [0.1, 0.15) is 33.9 Å². The molecule has 0 saturated carbocycles. The summed E-state index contributed by atoms with van der Waals surface area (Å²) in [6.45, 7) is 6.90. The quantitative estimate of drug-likeness (QED) is 0.837. The monoisotopic (exact) mass is 313 g/mol. The Kier molecular flexibility index (Phi) is 2.94. The highest BCUT2D eigenvalue weighted by Crippen LogP contribution is 2.28. The first-order chi connectivity index (χ1) is 10.9. The van der Waals surface area contributed by atoms with E-state index in [0.29, 0.717) is 36.4 Å². The van der Waals surface area contributed by atoms with Crippen LogP contribution in [-0.2, 0) is 4.79 Å². The van der Waals surface area contributed by atoms with E-state index < -0.39 is 0 Å². The minimum Gasteiger partial charge on any atom is -0.351 e. The Morgan fingerprint density at radius 3 is 2.83 bits per heavy atom. The van der Waals surface area contributed by atoms with Gasteiger partial charge in [-0.2, -0.15) is 5.10 Å². The third kappa shape index (κ3) is 2.10. The lowest BCUT2D eigenvalue weighted by atomic mass is 10.1. The van der Waals surface area contributed by atoms with E-state index in [1.165, 1.54) is 0 Å². The van der Waals surface area contributed by atoms with Crippen LogP contribution in [0, 0.1) is 26.7 Å². The fraction of sp³-hybridized carbons (Fsp3) is 0.500. The number of nitrogens with zero attached hydrogens (tertiary/aromatic N) is 4. The lowest BCUT2D eigenvalue weighted by Crippen LogP contribution is -2.35. The smallest absolute Gasteiger partial charge is 0.259 e. The molecule has 2 aliphatic heterocycles. The van der Waals surface area contributed by atoms with Crippen LogP contribution in [0.5, 0.6) is 0 Å². The number of likely N-dealkylation sites (tertiary alicyclic amines) is 1. The van der Waals surface area contributed by atoms with E-state index >= 15 is 0 Å². The van der Waals surface area contributed by atoms with Crippen LogP contribution in [0.3, 0.4) is 0 Å². The van der Waals surface area contributed by atoms with Gasteiger partial charge >= 0.3 is 0 Å². The van der Waals surface area contributed by atoms with Crippen LogP contribution in [0.4, 0.5) is 0 Å². The largest absolute Gasteiger partial charge is 0.351 e. The van der Waals surface area contributed by atoms with Crippen molar-refractivity contribution >= 4 is 17.5 Å². The summed E-state index contributed by atoms with van der Waals surface area (Å²) in [5, 5.41) is 7.41. The number of hydrogen-bond donors (Lipinski definition) is 1. The molecular weight excluding hydrogens is 294 g/mol. The van der Waals surface area contributed by atoms with Gasteiger partial charge in [-0.15, -0.1) is 0 Å². The van der Waals surface area contributed by atoms with Crippen molar-refractivity contribution in [2.75, 3.05) is 13.1 Å². The molecule has 0 aliphatic carbocycles. The van der Waals surface area contributed by atoms with Gasteiger partial charge in [-0.05, 0) is 26.8 Å². The number of aryl methyl sites for hydroxylation is 3. The predicted molar refractivity (Wildman–Crippen MR) is 83.1 cm³/mol. The van der Waals surface area contributed by atoms with Crippen molar-refractivity contribution in [3.05, 3.63) is 28.7 Å². The van der Waals surface area contributed by atoms with E-state index in [0.717, 1.165) is 11.4 Å². The number of aromatic nitrogens is 3. The molecule has 2 aliphatic rings. The molecule has 2 atom stereocenters. The topological polar surface area (TPSA) is 79.6 Å². The summed E-state index contributed by atoms with van der Waals surface area (Å²) >= 11 is 0. The van der Waals surface area contributed by atoms with E-state index in [-0.39, 0.29) is 23.8 Å². The van der Waals surface area contributed by atoms with Gasteiger partial charge < -0.3 is 10.2 Å². The summed E-state index contributed by atoms with van der Waals surface area (Å²) in [4.78, 5) is 30.8. The van der Waals surface area contributed by atoms with Crippen LogP contribution in [0.15, 0.2) is 6.07 Å². The second kappa shape index (κ2) is 4.78. The first-order valence-corrected chi connectivity index (χ1v) is 7.86. The van der Waals surface area contributed by atoms with E-state index in [9.17, 15) is 9.59 Å². The van der Waals surface area contributed by atoms with Crippen molar-refractivity contribution in [3.8, 4) is 0 Å². The molecule has 120 valence electrons. The van der Waals surface area contributed by atoms with Gasteiger partial charge in [0.05, 0.1) is 11.7 Å². The summed E-state index contributed by atoms with van der Waals surface area (Å²) < 4.78 is 1.73. The fourth-order valence-electron chi connectivity index (χ4n) is 3.75. The zero-order valence-corrected chi connectivity index (χ0v) is 13.5. The maximum atomic E-state index is 13.0. The molecular formula is C16H19N5O2. The molecule has 0 aromatic carbocycles. The molecule has 1 N–H and O–H groups in total. The van der Waals surface area contributed by atoms with Gasteiger partial charge in [-0.3, -0.25) is 9.59 Å². The van der Waals surface area contributed by atoms with Gasteiger partial charge in [-0.25, -0.2) is 9.50 Å². The molecule has 4 rings (SSSR count). The van der Waals surface area contributed by atoms with Gasteiger partial charge in [0.1, 0.15) is 5.56 Å². The fourth-order valence-corrected chi connectivity index (χ4v) is 3.75. The van der Waals surface area contributed by atoms with Crippen molar-refractivity contribution in [3.63, 3.8) is 0 Å². The lowest BCUT2D eigenvalue weighted by molar-refractivity contribution is -0.119. The molecule has 2 fully saturated rings. The van der Waals surface area contributed by atoms with Crippen LogP contribution >= 0.6 is 0 Å². The van der Waals surface area contributed by atoms with Crippen molar-refractivity contribution in [1.29, 1.82) is 0 Å². The molecule has 2 aromatic rings. The SMILES string of the molecule is Cc1cc(C)n2nc(C)c(C(=O)N3C[C@@H]4CC(=O)N[C@@H]4C3)c2n1. The molecule has 2 aromatic heterocycles. The average Bonchev–Trinajstić information content (AvgIpc) is 3.08. The minimum absolute atomic E-state index is 0.0429. The Morgan fingerprint density at radius 2 is 2.09 bits per heavy atom. The molecule has 0 unspecified atom stereocenters. The van der Waals surface area contributed by atoms with Gasteiger partial charge in [0.15, 0.2) is 5.65 Å². The molecule has 7 heteroatoms. The third-order valence-electron chi connectivity index (χ3n) is 4.81. The molecule has 4 heterocycles. The van der Waals surface area contributed by atoms with Gasteiger partial charge in [-0.1, -0.05) is 0 Å². The normalized spacial score (nSPS) is 23.4. The highest BCUT2D eigenvalue weighted by Gasteiger charge is 2.42. The summed E-state index contributed by atoms with van der Waals surface area (Å²) in [5.41, 5.74) is 3.71. The maximum Gasteiger partial charge on any atom is 0.259 e. The Bertz CT molecular complexity index is 825. The van der Waals surface area contributed by atoms with Crippen molar-refractivity contribution in [2.24, 2.45) is 5.92 Å². The number of carbonyl (C=O) groups is 2. The minimum atomic E-state index is -0.0429. The Morgan fingerprint density at radius 1 is 1.30 bits per heavy atom. The number of rotatable bonds is 1. The third-order valence-corrected chi connectivity index (χ3v) is 4.81. The zero-order chi connectivity index (χ0) is 16.3. The van der Waals surface area contributed by atoms with E-state index in [4.69, 9.17) is 0 Å². The number of nitrogens with one attached hydrogen (secondary N) is 1. The second-order valence-electron chi connectivity index (χ2n) is 6.58. The first-order valence-electron chi connectivity index (χ1n) is 7.86. The molecule has 0 radical (unpaired) electrons. The van der Waals surface area contributed by atoms with E-state index in [1.807, 2.05) is 31.7 Å². The van der Waals surface area contributed by atoms with Crippen molar-refractivity contribution in [1.82, 2.24) is 24.8 Å². The molecule has 0 bridgehead atoms. The van der Waals surface area contributed by atoms with Crippen molar-refractivity contribution in [2.45, 2.75) is 33.2 Å². The van der Waals surface area contributed by atoms with Gasteiger partial charge in [0.2, 0.25) is 5.91 Å². The predicted octanol–water partition coefficient (Wildman–Crippen LogP) is 0.615. The number of hydrogen-bond acceptors (Lipinski definition) is 4. The average molecular weight is 313 g/mol. The standard InChI is InChI=1S/C16H19N5O2/c1-8-4-9(2)21-15(17-8)14(10(3)19-21)16(23)20-6-11-5-13(22)18-12(11)7-20/h4,11-12H,5-7H2,1-3H3,(H,18,22)/t11-,12+/m0/s1. The molecule has 2 saturated heterocycles.